The van der Waals surface area contributed by atoms with Crippen LogP contribution in [0.15, 0.2) is 22.7 Å². The molecular weight excluding hydrogens is 280 g/mol. The Bertz CT molecular complexity index is 341. The molecule has 0 spiro atoms. The molecule has 0 fully saturated rings. The van der Waals surface area contributed by atoms with Crippen LogP contribution in [0, 0.1) is 5.82 Å². The highest BCUT2D eigenvalue weighted by atomic mass is 79.9. The lowest BCUT2D eigenvalue weighted by atomic mass is 10.1. The molecule has 1 aromatic carbocycles. The van der Waals surface area contributed by atoms with Crippen LogP contribution in [0.2, 0.25) is 0 Å². The molecule has 1 N–H and O–H groups in total. The maximum atomic E-state index is 13.4. The maximum absolute atomic E-state index is 13.4. The smallest absolute Gasteiger partial charge is 0.127 e. The van der Waals surface area contributed by atoms with E-state index in [0.717, 1.165) is 4.47 Å². The molecule has 0 aromatic heterocycles. The first kappa shape index (κ1) is 12.9. The fourth-order valence-electron chi connectivity index (χ4n) is 1.06. The number of rotatable bonds is 4. The van der Waals surface area contributed by atoms with Crippen molar-refractivity contribution in [3.05, 3.63) is 34.1 Å². The molecule has 1 aromatic rings. The van der Waals surface area contributed by atoms with Crippen LogP contribution >= 0.6 is 27.5 Å². The molecule has 1 rings (SSSR count). The minimum absolute atomic E-state index is 0.184. The van der Waals surface area contributed by atoms with Crippen molar-refractivity contribution in [3.63, 3.8) is 0 Å². The van der Waals surface area contributed by atoms with Gasteiger partial charge in [-0.15, -0.1) is 11.6 Å². The molecule has 15 heavy (non-hydrogen) atoms. The summed E-state index contributed by atoms with van der Waals surface area (Å²) in [6.07, 6.45) is 0. The molecule has 0 heterocycles. The van der Waals surface area contributed by atoms with E-state index in [4.69, 9.17) is 11.6 Å². The Balaban J connectivity index is 2.69. The summed E-state index contributed by atoms with van der Waals surface area (Å²) in [6.45, 7) is 4.44. The van der Waals surface area contributed by atoms with Crippen molar-refractivity contribution in [2.75, 3.05) is 5.88 Å². The lowest BCUT2D eigenvalue weighted by Gasteiger charge is -2.23. The van der Waals surface area contributed by atoms with E-state index in [-0.39, 0.29) is 11.4 Å². The molecule has 0 amide bonds. The van der Waals surface area contributed by atoms with E-state index in [2.05, 4.69) is 21.2 Å². The van der Waals surface area contributed by atoms with E-state index in [9.17, 15) is 4.39 Å². The molecule has 0 aliphatic rings. The van der Waals surface area contributed by atoms with E-state index in [0.29, 0.717) is 18.0 Å². The highest BCUT2D eigenvalue weighted by Gasteiger charge is 2.15. The molecule has 84 valence electrons. The van der Waals surface area contributed by atoms with E-state index >= 15 is 0 Å². The van der Waals surface area contributed by atoms with Gasteiger partial charge in [0.2, 0.25) is 0 Å². The molecule has 0 bridgehead atoms. The molecular formula is C11H14BrClFN. The summed E-state index contributed by atoms with van der Waals surface area (Å²) in [5, 5.41) is 3.20. The third-order valence-electron chi connectivity index (χ3n) is 2.10. The number of alkyl halides is 1. The minimum Gasteiger partial charge on any atom is -0.306 e. The third-order valence-corrected chi connectivity index (χ3v) is 3.26. The second-order valence-electron chi connectivity index (χ2n) is 4.11. The molecule has 0 atom stereocenters. The van der Waals surface area contributed by atoms with Crippen LogP contribution in [0.4, 0.5) is 4.39 Å². The van der Waals surface area contributed by atoms with Crippen LogP contribution in [-0.4, -0.2) is 11.4 Å². The second kappa shape index (κ2) is 5.28. The number of nitrogens with one attached hydrogen (secondary N) is 1. The van der Waals surface area contributed by atoms with Crippen molar-refractivity contribution in [1.82, 2.24) is 5.32 Å². The quantitative estimate of drug-likeness (QED) is 0.835. The largest absolute Gasteiger partial charge is 0.306 e. The van der Waals surface area contributed by atoms with Gasteiger partial charge in [0, 0.05) is 28.0 Å². The van der Waals surface area contributed by atoms with E-state index in [1.807, 2.05) is 13.8 Å². The zero-order valence-electron chi connectivity index (χ0n) is 8.78. The first-order chi connectivity index (χ1) is 6.94. The first-order valence-electron chi connectivity index (χ1n) is 4.69. The fourth-order valence-corrected chi connectivity index (χ4v) is 1.56. The number of benzene rings is 1. The van der Waals surface area contributed by atoms with E-state index < -0.39 is 0 Å². The van der Waals surface area contributed by atoms with E-state index in [1.54, 1.807) is 12.1 Å². The molecule has 0 aliphatic carbocycles. The Morgan fingerprint density at radius 1 is 1.47 bits per heavy atom. The topological polar surface area (TPSA) is 12.0 Å². The standard InChI is InChI=1S/C11H14BrClFN/c1-11(2,7-13)15-6-8-5-9(12)3-4-10(8)14/h3-5,15H,6-7H2,1-2H3. The summed E-state index contributed by atoms with van der Waals surface area (Å²) in [7, 11) is 0. The molecule has 0 saturated carbocycles. The van der Waals surface area contributed by atoms with Gasteiger partial charge in [-0.25, -0.2) is 4.39 Å². The SMILES string of the molecule is CC(C)(CCl)NCc1cc(Br)ccc1F. The highest BCUT2D eigenvalue weighted by molar-refractivity contribution is 9.10. The molecule has 0 unspecified atom stereocenters. The summed E-state index contributed by atoms with van der Waals surface area (Å²) in [5.74, 6) is 0.291. The van der Waals surface area contributed by atoms with Crippen LogP contribution in [0.1, 0.15) is 19.4 Å². The van der Waals surface area contributed by atoms with E-state index in [1.165, 1.54) is 6.07 Å². The number of hydrogen-bond acceptors (Lipinski definition) is 1. The first-order valence-corrected chi connectivity index (χ1v) is 6.02. The summed E-state index contributed by atoms with van der Waals surface area (Å²) in [5.41, 5.74) is 0.457. The van der Waals surface area contributed by atoms with Gasteiger partial charge >= 0.3 is 0 Å². The van der Waals surface area contributed by atoms with Gasteiger partial charge in [0.1, 0.15) is 5.82 Å². The maximum Gasteiger partial charge on any atom is 0.127 e. The zero-order chi connectivity index (χ0) is 11.5. The van der Waals surface area contributed by atoms with Crippen molar-refractivity contribution in [2.45, 2.75) is 25.9 Å². The van der Waals surface area contributed by atoms with Crippen LogP contribution in [0.25, 0.3) is 0 Å². The third kappa shape index (κ3) is 4.09. The van der Waals surface area contributed by atoms with Gasteiger partial charge in [-0.3, -0.25) is 0 Å². The molecule has 4 heteroatoms. The Morgan fingerprint density at radius 3 is 2.73 bits per heavy atom. The summed E-state index contributed by atoms with van der Waals surface area (Å²) in [4.78, 5) is 0. The normalized spacial score (nSPS) is 11.8. The van der Waals surface area contributed by atoms with Crippen molar-refractivity contribution in [1.29, 1.82) is 0 Å². The minimum atomic E-state index is -0.198. The molecule has 0 saturated heterocycles. The van der Waals surface area contributed by atoms with Gasteiger partial charge in [-0.2, -0.15) is 0 Å². The van der Waals surface area contributed by atoms with Gasteiger partial charge in [0.15, 0.2) is 0 Å². The van der Waals surface area contributed by atoms with Gasteiger partial charge in [-0.05, 0) is 32.0 Å². The van der Waals surface area contributed by atoms with Crippen LogP contribution in [-0.2, 0) is 6.54 Å². The van der Waals surface area contributed by atoms with Gasteiger partial charge in [-0.1, -0.05) is 15.9 Å². The lowest BCUT2D eigenvalue weighted by molar-refractivity contribution is 0.423. The average Bonchev–Trinajstić information content (AvgIpc) is 2.20. The second-order valence-corrected chi connectivity index (χ2v) is 5.29. The Morgan fingerprint density at radius 2 is 2.13 bits per heavy atom. The van der Waals surface area contributed by atoms with Gasteiger partial charge in [0.25, 0.3) is 0 Å². The summed E-state index contributed by atoms with van der Waals surface area (Å²) < 4.78 is 14.2. The van der Waals surface area contributed by atoms with Crippen molar-refractivity contribution in [3.8, 4) is 0 Å². The lowest BCUT2D eigenvalue weighted by Crippen LogP contribution is -2.40. The predicted octanol–water partition coefficient (Wildman–Crippen LogP) is 3.70. The van der Waals surface area contributed by atoms with Gasteiger partial charge in [0.05, 0.1) is 0 Å². The summed E-state index contributed by atoms with van der Waals surface area (Å²) in [6, 6.07) is 4.91. The van der Waals surface area contributed by atoms with Crippen molar-refractivity contribution < 1.29 is 4.39 Å². The summed E-state index contributed by atoms with van der Waals surface area (Å²) >= 11 is 9.08. The Kier molecular flexibility index (Phi) is 4.56. The van der Waals surface area contributed by atoms with Crippen LogP contribution < -0.4 is 5.32 Å². The fraction of sp³-hybridized carbons (Fsp3) is 0.455. The number of halogens is 3. The van der Waals surface area contributed by atoms with Crippen molar-refractivity contribution >= 4 is 27.5 Å². The highest BCUT2D eigenvalue weighted by Crippen LogP contribution is 2.16. The van der Waals surface area contributed by atoms with Crippen LogP contribution in [0.5, 0.6) is 0 Å². The molecule has 1 nitrogen and oxygen atoms in total. The zero-order valence-corrected chi connectivity index (χ0v) is 11.1. The monoisotopic (exact) mass is 293 g/mol. The average molecular weight is 295 g/mol. The number of hydrogen-bond donors (Lipinski definition) is 1. The van der Waals surface area contributed by atoms with Crippen molar-refractivity contribution in [2.24, 2.45) is 0 Å². The van der Waals surface area contributed by atoms with Gasteiger partial charge < -0.3 is 5.32 Å². The molecule has 0 aliphatic heterocycles. The predicted molar refractivity (Wildman–Crippen MR) is 65.7 cm³/mol. The molecule has 0 radical (unpaired) electrons. The Labute approximate surface area is 103 Å². The van der Waals surface area contributed by atoms with Crippen LogP contribution in [0.3, 0.4) is 0 Å². The Hall–Kier alpha value is -0.120.